The first-order valence-corrected chi connectivity index (χ1v) is 7.66. The summed E-state index contributed by atoms with van der Waals surface area (Å²) in [6, 6.07) is 7.14. The fourth-order valence-electron chi connectivity index (χ4n) is 2.17. The van der Waals surface area contributed by atoms with Crippen molar-refractivity contribution in [1.29, 1.82) is 0 Å². The maximum atomic E-state index is 12.1. The van der Waals surface area contributed by atoms with Crippen LogP contribution in [0.4, 0.5) is 0 Å². The summed E-state index contributed by atoms with van der Waals surface area (Å²) < 4.78 is 27.7. The molecule has 0 aliphatic carbocycles. The van der Waals surface area contributed by atoms with Gasteiger partial charge in [-0.3, -0.25) is 4.79 Å². The first-order valence-electron chi connectivity index (χ1n) is 5.84. The number of sulfone groups is 1. The van der Waals surface area contributed by atoms with Crippen LogP contribution in [0.25, 0.3) is 0 Å². The van der Waals surface area contributed by atoms with E-state index in [1.807, 2.05) is 12.1 Å². The van der Waals surface area contributed by atoms with E-state index in [1.54, 1.807) is 19.2 Å². The van der Waals surface area contributed by atoms with Crippen molar-refractivity contribution < 1.29 is 17.9 Å². The molecule has 1 fully saturated rings. The molecule has 1 unspecified atom stereocenters. The topological polar surface area (TPSA) is 60.4 Å². The van der Waals surface area contributed by atoms with Gasteiger partial charge in [0.15, 0.2) is 15.6 Å². The van der Waals surface area contributed by atoms with E-state index < -0.39 is 9.84 Å². The van der Waals surface area contributed by atoms with Crippen molar-refractivity contribution in [2.75, 3.05) is 18.6 Å². The van der Waals surface area contributed by atoms with Gasteiger partial charge >= 0.3 is 0 Å². The average molecular weight is 268 g/mol. The maximum Gasteiger partial charge on any atom is 0.166 e. The van der Waals surface area contributed by atoms with Crippen LogP contribution in [0.3, 0.4) is 0 Å². The molecule has 0 radical (unpaired) electrons. The normalized spacial score (nSPS) is 21.9. The third kappa shape index (κ3) is 2.97. The van der Waals surface area contributed by atoms with Crippen LogP contribution in [0.15, 0.2) is 24.3 Å². The molecule has 98 valence electrons. The van der Waals surface area contributed by atoms with Crippen molar-refractivity contribution in [2.24, 2.45) is 5.92 Å². The van der Waals surface area contributed by atoms with Crippen LogP contribution in [-0.4, -0.2) is 32.8 Å². The van der Waals surface area contributed by atoms with E-state index in [4.69, 9.17) is 4.74 Å². The van der Waals surface area contributed by atoms with E-state index in [0.29, 0.717) is 18.6 Å². The highest BCUT2D eigenvalue weighted by atomic mass is 32.2. The molecule has 18 heavy (non-hydrogen) atoms. The smallest absolute Gasteiger partial charge is 0.166 e. The zero-order valence-corrected chi connectivity index (χ0v) is 11.1. The Kier molecular flexibility index (Phi) is 3.82. The Morgan fingerprint density at radius 1 is 1.33 bits per heavy atom. The van der Waals surface area contributed by atoms with Crippen LogP contribution in [-0.2, 0) is 21.2 Å². The standard InChI is InChI=1S/C13H16O4S/c1-17-8-10-2-4-11(5-3-10)13(14)12-6-7-18(15,16)9-12/h2-5,12H,6-9H2,1H3. The van der Waals surface area contributed by atoms with E-state index in [2.05, 4.69) is 0 Å². The molecule has 0 aromatic heterocycles. The number of methoxy groups -OCH3 is 1. The molecule has 0 spiro atoms. The molecule has 0 saturated carbocycles. The van der Waals surface area contributed by atoms with Gasteiger partial charge in [-0.25, -0.2) is 8.42 Å². The Bertz CT molecular complexity index is 531. The van der Waals surface area contributed by atoms with Crippen LogP contribution in [0.1, 0.15) is 22.3 Å². The maximum absolute atomic E-state index is 12.1. The van der Waals surface area contributed by atoms with Crippen molar-refractivity contribution in [1.82, 2.24) is 0 Å². The molecule has 5 heteroatoms. The number of Topliss-reactive ketones (excluding diaryl/α,β-unsaturated/α-hetero) is 1. The molecule has 0 bridgehead atoms. The first-order chi connectivity index (χ1) is 8.52. The fraction of sp³-hybridized carbons (Fsp3) is 0.462. The predicted octanol–water partition coefficient (Wildman–Crippen LogP) is 1.45. The summed E-state index contributed by atoms with van der Waals surface area (Å²) in [6.07, 6.45) is 0.445. The third-order valence-electron chi connectivity index (χ3n) is 3.15. The Morgan fingerprint density at radius 3 is 2.50 bits per heavy atom. The molecule has 1 saturated heterocycles. The number of ether oxygens (including phenoxy) is 1. The van der Waals surface area contributed by atoms with Crippen LogP contribution in [0, 0.1) is 5.92 Å². The van der Waals surface area contributed by atoms with Gasteiger partial charge in [0.25, 0.3) is 0 Å². The van der Waals surface area contributed by atoms with Crippen molar-refractivity contribution in [3.63, 3.8) is 0 Å². The summed E-state index contributed by atoms with van der Waals surface area (Å²) in [5, 5.41) is 0. The summed E-state index contributed by atoms with van der Waals surface area (Å²) in [5.74, 6) is -0.320. The molecule has 0 amide bonds. The molecule has 4 nitrogen and oxygen atoms in total. The van der Waals surface area contributed by atoms with Crippen LogP contribution in [0.5, 0.6) is 0 Å². The van der Waals surface area contributed by atoms with Gasteiger partial charge in [-0.05, 0) is 12.0 Å². The largest absolute Gasteiger partial charge is 0.380 e. The Morgan fingerprint density at radius 2 is 2.00 bits per heavy atom. The van der Waals surface area contributed by atoms with E-state index >= 15 is 0 Å². The summed E-state index contributed by atoms with van der Waals surface area (Å²) in [7, 11) is -1.39. The highest BCUT2D eigenvalue weighted by Crippen LogP contribution is 2.22. The number of carbonyl (C=O) groups excluding carboxylic acids is 1. The lowest BCUT2D eigenvalue weighted by molar-refractivity contribution is 0.0933. The number of benzene rings is 1. The van der Waals surface area contributed by atoms with E-state index in [-0.39, 0.29) is 23.2 Å². The van der Waals surface area contributed by atoms with Crippen LogP contribution in [0.2, 0.25) is 0 Å². The van der Waals surface area contributed by atoms with Crippen molar-refractivity contribution in [3.8, 4) is 0 Å². The zero-order valence-electron chi connectivity index (χ0n) is 10.3. The molecular formula is C13H16O4S. The SMILES string of the molecule is COCc1ccc(C(=O)C2CCS(=O)(=O)C2)cc1. The molecule has 1 atom stereocenters. The Labute approximate surface area is 107 Å². The second kappa shape index (κ2) is 5.20. The highest BCUT2D eigenvalue weighted by molar-refractivity contribution is 7.91. The zero-order chi connectivity index (χ0) is 13.2. The summed E-state index contributed by atoms with van der Waals surface area (Å²) in [6.45, 7) is 0.506. The Balaban J connectivity index is 2.10. The van der Waals surface area contributed by atoms with Crippen LogP contribution < -0.4 is 0 Å². The van der Waals surface area contributed by atoms with Gasteiger partial charge in [0.1, 0.15) is 0 Å². The minimum absolute atomic E-state index is 0.00828. The van der Waals surface area contributed by atoms with E-state index in [0.717, 1.165) is 5.56 Å². The molecule has 1 heterocycles. The lowest BCUT2D eigenvalue weighted by Crippen LogP contribution is -2.16. The molecule has 1 aliphatic heterocycles. The number of hydrogen-bond acceptors (Lipinski definition) is 4. The van der Waals surface area contributed by atoms with Gasteiger partial charge in [-0.15, -0.1) is 0 Å². The quantitative estimate of drug-likeness (QED) is 0.775. The lowest BCUT2D eigenvalue weighted by Gasteiger charge is -2.07. The van der Waals surface area contributed by atoms with Crippen molar-refractivity contribution >= 4 is 15.6 Å². The fourth-order valence-corrected chi connectivity index (χ4v) is 3.91. The Hall–Kier alpha value is -1.20. The molecule has 1 aromatic rings. The number of hydrogen-bond donors (Lipinski definition) is 0. The minimum Gasteiger partial charge on any atom is -0.380 e. The second-order valence-corrected chi connectivity index (χ2v) is 6.82. The predicted molar refractivity (Wildman–Crippen MR) is 68.2 cm³/mol. The monoisotopic (exact) mass is 268 g/mol. The number of rotatable bonds is 4. The third-order valence-corrected chi connectivity index (χ3v) is 4.92. The molecule has 0 N–H and O–H groups in total. The number of ketones is 1. The van der Waals surface area contributed by atoms with Gasteiger partial charge in [-0.1, -0.05) is 24.3 Å². The molecule has 1 aromatic carbocycles. The van der Waals surface area contributed by atoms with Gasteiger partial charge in [0.2, 0.25) is 0 Å². The van der Waals surface area contributed by atoms with Crippen molar-refractivity contribution in [2.45, 2.75) is 13.0 Å². The lowest BCUT2D eigenvalue weighted by atomic mass is 9.96. The van der Waals surface area contributed by atoms with Gasteiger partial charge in [0.05, 0.1) is 18.1 Å². The van der Waals surface area contributed by atoms with Gasteiger partial charge in [-0.2, -0.15) is 0 Å². The van der Waals surface area contributed by atoms with Crippen molar-refractivity contribution in [3.05, 3.63) is 35.4 Å². The number of carbonyl (C=O) groups is 1. The summed E-state index contributed by atoms with van der Waals surface area (Å²) >= 11 is 0. The minimum atomic E-state index is -3.01. The second-order valence-electron chi connectivity index (χ2n) is 4.59. The van der Waals surface area contributed by atoms with E-state index in [9.17, 15) is 13.2 Å². The van der Waals surface area contributed by atoms with E-state index in [1.165, 1.54) is 0 Å². The molecular weight excluding hydrogens is 252 g/mol. The molecule has 1 aliphatic rings. The molecule has 2 rings (SSSR count). The van der Waals surface area contributed by atoms with Gasteiger partial charge < -0.3 is 4.74 Å². The van der Waals surface area contributed by atoms with Crippen LogP contribution >= 0.6 is 0 Å². The highest BCUT2D eigenvalue weighted by Gasteiger charge is 2.33. The summed E-state index contributed by atoms with van der Waals surface area (Å²) in [5.41, 5.74) is 1.57. The first kappa shape index (κ1) is 13.2. The summed E-state index contributed by atoms with van der Waals surface area (Å²) in [4.78, 5) is 12.1. The van der Waals surface area contributed by atoms with Gasteiger partial charge in [0, 0.05) is 18.6 Å². The average Bonchev–Trinajstić information content (AvgIpc) is 2.70.